The van der Waals surface area contributed by atoms with E-state index in [-0.39, 0.29) is 12.2 Å². The van der Waals surface area contributed by atoms with Crippen molar-refractivity contribution >= 4 is 5.69 Å². The molecule has 0 amide bonds. The number of rotatable bonds is 3. The highest BCUT2D eigenvalue weighted by Gasteiger charge is 2.39. The van der Waals surface area contributed by atoms with Gasteiger partial charge in [-0.2, -0.15) is 0 Å². The van der Waals surface area contributed by atoms with E-state index in [9.17, 15) is 0 Å². The highest BCUT2D eigenvalue weighted by molar-refractivity contribution is 5.61. The number of aromatic nitrogens is 1. The van der Waals surface area contributed by atoms with Crippen LogP contribution in [0.3, 0.4) is 0 Å². The minimum Gasteiger partial charge on any atom is -0.493 e. The number of hydrogen-bond acceptors (Lipinski definition) is 5. The topological polar surface area (TPSA) is 46.6 Å². The zero-order chi connectivity index (χ0) is 19.1. The van der Waals surface area contributed by atoms with Crippen LogP contribution >= 0.6 is 0 Å². The molecule has 2 aliphatic rings. The fourth-order valence-corrected chi connectivity index (χ4v) is 4.50. The summed E-state index contributed by atoms with van der Waals surface area (Å²) in [5.41, 5.74) is 6.23. The van der Waals surface area contributed by atoms with Crippen LogP contribution in [0.5, 0.6) is 11.5 Å². The average molecular weight is 373 g/mol. The monoisotopic (exact) mass is 373 g/mol. The molecule has 0 bridgehead atoms. The minimum absolute atomic E-state index is 0.0786. The molecule has 0 saturated heterocycles. The summed E-state index contributed by atoms with van der Waals surface area (Å²) >= 11 is 0. The van der Waals surface area contributed by atoms with E-state index < -0.39 is 0 Å². The SMILES string of the molecule is COc1cc2c(cc1OC)[C@H]1c3ccccc3N[C@H](c3cccnc3)N1CC2. The van der Waals surface area contributed by atoms with Crippen molar-refractivity contribution in [2.75, 3.05) is 26.1 Å². The first-order valence-corrected chi connectivity index (χ1v) is 9.56. The molecule has 2 atom stereocenters. The third-order valence-corrected chi connectivity index (χ3v) is 5.79. The lowest BCUT2D eigenvalue weighted by molar-refractivity contribution is 0.153. The quantitative estimate of drug-likeness (QED) is 0.747. The third kappa shape index (κ3) is 2.62. The summed E-state index contributed by atoms with van der Waals surface area (Å²) in [5.74, 6) is 1.57. The summed E-state index contributed by atoms with van der Waals surface area (Å²) in [6.45, 7) is 0.952. The maximum absolute atomic E-state index is 5.61. The van der Waals surface area contributed by atoms with Gasteiger partial charge in [0.1, 0.15) is 6.17 Å². The third-order valence-electron chi connectivity index (χ3n) is 5.79. The maximum atomic E-state index is 5.61. The summed E-state index contributed by atoms with van der Waals surface area (Å²) in [5, 5.41) is 3.72. The van der Waals surface area contributed by atoms with Crippen LogP contribution in [-0.4, -0.2) is 30.6 Å². The van der Waals surface area contributed by atoms with Crippen LogP contribution in [-0.2, 0) is 6.42 Å². The van der Waals surface area contributed by atoms with Gasteiger partial charge in [0.15, 0.2) is 11.5 Å². The number of methoxy groups -OCH3 is 2. The van der Waals surface area contributed by atoms with E-state index in [1.165, 1.54) is 27.9 Å². The molecule has 3 heterocycles. The van der Waals surface area contributed by atoms with Gasteiger partial charge in [0.05, 0.1) is 20.3 Å². The molecule has 1 aromatic heterocycles. The molecular formula is C23H23N3O2. The second-order valence-electron chi connectivity index (χ2n) is 7.22. The number of hydrogen-bond donors (Lipinski definition) is 1. The van der Waals surface area contributed by atoms with Crippen molar-refractivity contribution < 1.29 is 9.47 Å². The molecule has 2 aliphatic heterocycles. The van der Waals surface area contributed by atoms with Gasteiger partial charge in [-0.25, -0.2) is 0 Å². The lowest BCUT2D eigenvalue weighted by atomic mass is 9.84. The highest BCUT2D eigenvalue weighted by atomic mass is 16.5. The van der Waals surface area contributed by atoms with Crippen molar-refractivity contribution in [1.29, 1.82) is 0 Å². The minimum atomic E-state index is 0.0786. The van der Waals surface area contributed by atoms with E-state index in [1.807, 2.05) is 18.5 Å². The second kappa shape index (κ2) is 6.84. The molecule has 3 aromatic rings. The normalized spacial score (nSPS) is 20.4. The Morgan fingerprint density at radius 3 is 2.61 bits per heavy atom. The van der Waals surface area contributed by atoms with Crippen molar-refractivity contribution in [3.05, 3.63) is 83.2 Å². The number of fused-ring (bicyclic) bond motifs is 5. The number of anilines is 1. The number of ether oxygens (including phenoxy) is 2. The van der Waals surface area contributed by atoms with Gasteiger partial charge in [0, 0.05) is 30.2 Å². The number of nitrogens with zero attached hydrogens (tertiary/aromatic N) is 2. The van der Waals surface area contributed by atoms with Crippen LogP contribution in [0.15, 0.2) is 60.9 Å². The molecule has 0 spiro atoms. The number of para-hydroxylation sites is 1. The number of pyridine rings is 1. The van der Waals surface area contributed by atoms with Gasteiger partial charge in [0.2, 0.25) is 0 Å². The first kappa shape index (κ1) is 17.1. The van der Waals surface area contributed by atoms with Crippen LogP contribution < -0.4 is 14.8 Å². The van der Waals surface area contributed by atoms with E-state index >= 15 is 0 Å². The van der Waals surface area contributed by atoms with Gasteiger partial charge in [-0.1, -0.05) is 24.3 Å². The van der Waals surface area contributed by atoms with Gasteiger partial charge in [0.25, 0.3) is 0 Å². The Kier molecular flexibility index (Phi) is 4.17. The molecule has 5 rings (SSSR count). The van der Waals surface area contributed by atoms with Crippen LogP contribution in [0.4, 0.5) is 5.69 Å². The molecule has 5 heteroatoms. The Balaban J connectivity index is 1.69. The Morgan fingerprint density at radius 1 is 1.00 bits per heavy atom. The number of benzene rings is 2. The molecule has 2 aromatic carbocycles. The average Bonchev–Trinajstić information content (AvgIpc) is 2.77. The summed E-state index contributed by atoms with van der Waals surface area (Å²) in [6, 6.07) is 17.1. The largest absolute Gasteiger partial charge is 0.493 e. The first-order chi connectivity index (χ1) is 13.8. The van der Waals surface area contributed by atoms with E-state index in [4.69, 9.17) is 9.47 Å². The highest BCUT2D eigenvalue weighted by Crippen LogP contribution is 2.48. The van der Waals surface area contributed by atoms with Crippen molar-refractivity contribution in [3.63, 3.8) is 0 Å². The number of nitrogens with one attached hydrogen (secondary N) is 1. The molecular weight excluding hydrogens is 350 g/mol. The molecule has 0 saturated carbocycles. The van der Waals surface area contributed by atoms with Crippen molar-refractivity contribution in [1.82, 2.24) is 9.88 Å². The molecule has 0 fully saturated rings. The summed E-state index contributed by atoms with van der Waals surface area (Å²) in [7, 11) is 3.39. The van der Waals surface area contributed by atoms with Crippen LogP contribution in [0.2, 0.25) is 0 Å². The molecule has 0 unspecified atom stereocenters. The molecule has 142 valence electrons. The smallest absolute Gasteiger partial charge is 0.161 e. The lowest BCUT2D eigenvalue weighted by Crippen LogP contribution is -2.45. The summed E-state index contributed by atoms with van der Waals surface area (Å²) in [4.78, 5) is 6.87. The molecule has 1 N–H and O–H groups in total. The van der Waals surface area contributed by atoms with E-state index in [2.05, 4.69) is 57.7 Å². The molecule has 0 radical (unpaired) electrons. The fourth-order valence-electron chi connectivity index (χ4n) is 4.50. The predicted molar refractivity (Wildman–Crippen MR) is 109 cm³/mol. The van der Waals surface area contributed by atoms with Gasteiger partial charge >= 0.3 is 0 Å². The lowest BCUT2D eigenvalue weighted by Gasteiger charge is -2.47. The van der Waals surface area contributed by atoms with Gasteiger partial charge in [-0.15, -0.1) is 0 Å². The zero-order valence-electron chi connectivity index (χ0n) is 16.1. The maximum Gasteiger partial charge on any atom is 0.161 e. The van der Waals surface area contributed by atoms with Gasteiger partial charge in [-0.3, -0.25) is 9.88 Å². The van der Waals surface area contributed by atoms with E-state index in [1.54, 1.807) is 14.2 Å². The Hall–Kier alpha value is -3.05. The van der Waals surface area contributed by atoms with Crippen LogP contribution in [0.1, 0.15) is 34.5 Å². The summed E-state index contributed by atoms with van der Waals surface area (Å²) in [6.07, 6.45) is 4.81. The van der Waals surface area contributed by atoms with Crippen molar-refractivity contribution in [2.24, 2.45) is 0 Å². The molecule has 5 nitrogen and oxygen atoms in total. The Morgan fingerprint density at radius 2 is 1.82 bits per heavy atom. The summed E-state index contributed by atoms with van der Waals surface area (Å²) < 4.78 is 11.2. The zero-order valence-corrected chi connectivity index (χ0v) is 16.1. The first-order valence-electron chi connectivity index (χ1n) is 9.56. The van der Waals surface area contributed by atoms with E-state index in [0.717, 1.165) is 24.5 Å². The van der Waals surface area contributed by atoms with Crippen LogP contribution in [0, 0.1) is 0 Å². The van der Waals surface area contributed by atoms with Crippen molar-refractivity contribution in [2.45, 2.75) is 18.6 Å². The van der Waals surface area contributed by atoms with Crippen LogP contribution in [0.25, 0.3) is 0 Å². The van der Waals surface area contributed by atoms with Gasteiger partial charge < -0.3 is 14.8 Å². The Bertz CT molecular complexity index is 1010. The molecule has 0 aliphatic carbocycles. The van der Waals surface area contributed by atoms with Gasteiger partial charge in [-0.05, 0) is 47.4 Å². The second-order valence-corrected chi connectivity index (χ2v) is 7.22. The fraction of sp³-hybridized carbons (Fsp3) is 0.261. The Labute approximate surface area is 164 Å². The predicted octanol–water partition coefficient (Wildman–Crippen LogP) is 4.17. The standard InChI is InChI=1S/C23H23N3O2/c1-27-20-12-15-9-11-26-22(18(15)13-21(20)28-2)17-7-3-4-8-19(17)25-23(26)16-6-5-10-24-14-16/h3-8,10,12-14,22-23,25H,9,11H2,1-2H3/t22-,23+/m1/s1. The van der Waals surface area contributed by atoms with E-state index in [0.29, 0.717) is 0 Å². The molecule has 28 heavy (non-hydrogen) atoms. The van der Waals surface area contributed by atoms with Crippen molar-refractivity contribution in [3.8, 4) is 11.5 Å².